The molecule has 0 radical (unpaired) electrons. The normalized spacial score (nSPS) is 29.2. The van der Waals surface area contributed by atoms with E-state index in [0.29, 0.717) is 24.1 Å². The molecule has 0 saturated carbocycles. The van der Waals surface area contributed by atoms with Crippen LogP contribution in [0.15, 0.2) is 49.0 Å². The van der Waals surface area contributed by atoms with E-state index in [-0.39, 0.29) is 12.2 Å². The van der Waals surface area contributed by atoms with Crippen LogP contribution >= 0.6 is 0 Å². The summed E-state index contributed by atoms with van der Waals surface area (Å²) in [6, 6.07) is 10.0. The van der Waals surface area contributed by atoms with Crippen LogP contribution in [0.5, 0.6) is 0 Å². The maximum Gasteiger partial charge on any atom is 0.254 e. The molecule has 5 heterocycles. The first kappa shape index (κ1) is 18.6. The van der Waals surface area contributed by atoms with Gasteiger partial charge < -0.3 is 20.3 Å². The van der Waals surface area contributed by atoms with Crippen LogP contribution < -0.4 is 10.6 Å². The Labute approximate surface area is 180 Å². The second-order valence-corrected chi connectivity index (χ2v) is 8.68. The second-order valence-electron chi connectivity index (χ2n) is 8.68. The van der Waals surface area contributed by atoms with Gasteiger partial charge in [-0.2, -0.15) is 0 Å². The summed E-state index contributed by atoms with van der Waals surface area (Å²) in [5, 5.41) is 6.95. The SMILES string of the molecule is CN1[C@@H]2CC[C@H]1C[C@@H](Nc1nccc(C3=C(c4ccc(F)cc4)NC4OC=CN34)n1)C2. The summed E-state index contributed by atoms with van der Waals surface area (Å²) < 4.78 is 19.1. The topological polar surface area (TPSA) is 65.6 Å². The molecule has 1 unspecified atom stereocenters. The van der Waals surface area contributed by atoms with Gasteiger partial charge in [-0.1, -0.05) is 0 Å². The zero-order chi connectivity index (χ0) is 20.9. The fourth-order valence-electron chi connectivity index (χ4n) is 5.30. The van der Waals surface area contributed by atoms with Gasteiger partial charge in [0.25, 0.3) is 6.35 Å². The van der Waals surface area contributed by atoms with Crippen LogP contribution in [0, 0.1) is 5.82 Å². The van der Waals surface area contributed by atoms with E-state index in [1.807, 2.05) is 17.2 Å². The zero-order valence-corrected chi connectivity index (χ0v) is 17.3. The van der Waals surface area contributed by atoms with Gasteiger partial charge in [-0.25, -0.2) is 14.4 Å². The minimum Gasteiger partial charge on any atom is -0.458 e. The third-order valence-corrected chi connectivity index (χ3v) is 6.91. The number of anilines is 1. The molecule has 0 amide bonds. The third-order valence-electron chi connectivity index (χ3n) is 6.91. The van der Waals surface area contributed by atoms with Crippen LogP contribution in [0.1, 0.15) is 36.9 Å². The summed E-state index contributed by atoms with van der Waals surface area (Å²) in [6.07, 6.45) is 9.81. The molecule has 2 saturated heterocycles. The summed E-state index contributed by atoms with van der Waals surface area (Å²) in [6.45, 7) is 0. The molecule has 2 N–H and O–H groups in total. The predicted octanol–water partition coefficient (Wildman–Crippen LogP) is 3.17. The lowest BCUT2D eigenvalue weighted by atomic mass is 9.98. The maximum atomic E-state index is 13.5. The Morgan fingerprint density at radius 3 is 2.68 bits per heavy atom. The fraction of sp³-hybridized carbons (Fsp3) is 0.391. The molecule has 7 nitrogen and oxygen atoms in total. The molecule has 1 aromatic heterocycles. The van der Waals surface area contributed by atoms with E-state index >= 15 is 0 Å². The monoisotopic (exact) mass is 420 g/mol. The van der Waals surface area contributed by atoms with Crippen LogP contribution in [0.4, 0.5) is 10.3 Å². The van der Waals surface area contributed by atoms with Gasteiger partial charge in [0.15, 0.2) is 0 Å². The van der Waals surface area contributed by atoms with E-state index in [0.717, 1.165) is 35.5 Å². The van der Waals surface area contributed by atoms with Crippen molar-refractivity contribution in [1.29, 1.82) is 0 Å². The van der Waals surface area contributed by atoms with Crippen molar-refractivity contribution in [3.05, 3.63) is 66.1 Å². The number of aromatic nitrogens is 2. The van der Waals surface area contributed by atoms with Crippen LogP contribution in [-0.2, 0) is 4.74 Å². The molecule has 6 rings (SSSR count). The first-order valence-electron chi connectivity index (χ1n) is 10.8. The van der Waals surface area contributed by atoms with Crippen LogP contribution in [0.2, 0.25) is 0 Å². The number of piperidine rings is 1. The summed E-state index contributed by atoms with van der Waals surface area (Å²) in [5.41, 5.74) is 3.41. The molecule has 4 aliphatic rings. The number of halogens is 1. The molecule has 4 atom stereocenters. The Bertz CT molecular complexity index is 1040. The molecule has 2 aromatic rings. The molecule has 8 heteroatoms. The van der Waals surface area contributed by atoms with E-state index in [9.17, 15) is 4.39 Å². The van der Waals surface area contributed by atoms with Crippen molar-refractivity contribution in [1.82, 2.24) is 25.1 Å². The quantitative estimate of drug-likeness (QED) is 0.788. The maximum absolute atomic E-state index is 13.5. The molecule has 4 aliphatic heterocycles. The first-order valence-corrected chi connectivity index (χ1v) is 10.8. The molecule has 31 heavy (non-hydrogen) atoms. The van der Waals surface area contributed by atoms with Crippen molar-refractivity contribution in [3.8, 4) is 0 Å². The van der Waals surface area contributed by atoms with Crippen molar-refractivity contribution in [2.45, 2.75) is 50.2 Å². The fourth-order valence-corrected chi connectivity index (χ4v) is 5.30. The van der Waals surface area contributed by atoms with E-state index in [2.05, 4.69) is 27.6 Å². The lowest BCUT2D eigenvalue weighted by Crippen LogP contribution is -2.44. The van der Waals surface area contributed by atoms with Crippen LogP contribution in [-0.4, -0.2) is 51.3 Å². The van der Waals surface area contributed by atoms with Gasteiger partial charge in [-0.05, 0) is 63.1 Å². The van der Waals surface area contributed by atoms with Crippen molar-refractivity contribution in [2.75, 3.05) is 12.4 Å². The smallest absolute Gasteiger partial charge is 0.254 e. The molecule has 0 aliphatic carbocycles. The van der Waals surface area contributed by atoms with E-state index in [4.69, 9.17) is 9.72 Å². The Balaban J connectivity index is 1.31. The van der Waals surface area contributed by atoms with Gasteiger partial charge >= 0.3 is 0 Å². The number of hydrogen-bond acceptors (Lipinski definition) is 7. The average molecular weight is 420 g/mol. The number of fused-ring (bicyclic) bond motifs is 3. The van der Waals surface area contributed by atoms with Crippen LogP contribution in [0.25, 0.3) is 11.4 Å². The first-order chi connectivity index (χ1) is 15.2. The van der Waals surface area contributed by atoms with Crippen LogP contribution in [0.3, 0.4) is 0 Å². The highest BCUT2D eigenvalue weighted by Gasteiger charge is 2.39. The molecule has 0 spiro atoms. The Morgan fingerprint density at radius 1 is 1.13 bits per heavy atom. The Morgan fingerprint density at radius 2 is 1.90 bits per heavy atom. The van der Waals surface area contributed by atoms with Gasteiger partial charge in [0.05, 0.1) is 17.1 Å². The van der Waals surface area contributed by atoms with Gasteiger partial charge in [0, 0.05) is 36.1 Å². The van der Waals surface area contributed by atoms with Gasteiger partial charge in [0.2, 0.25) is 5.95 Å². The molecule has 2 fully saturated rings. The number of hydrogen-bond donors (Lipinski definition) is 2. The highest BCUT2D eigenvalue weighted by Crippen LogP contribution is 2.38. The van der Waals surface area contributed by atoms with E-state index in [1.165, 1.54) is 25.0 Å². The number of ether oxygens (including phenoxy) is 1. The molecule has 160 valence electrons. The predicted molar refractivity (Wildman–Crippen MR) is 115 cm³/mol. The Kier molecular flexibility index (Phi) is 4.34. The van der Waals surface area contributed by atoms with Crippen molar-refractivity contribution in [2.24, 2.45) is 0 Å². The highest BCUT2D eigenvalue weighted by molar-refractivity contribution is 5.90. The average Bonchev–Trinajstić information content (AvgIpc) is 3.40. The number of rotatable bonds is 4. The standard InChI is InChI=1S/C23H25FN6O/c1-29-17-6-7-18(29)13-16(12-17)26-22-25-9-8-19(27-22)21-20(14-2-4-15(24)5-3-14)28-23-30(21)10-11-31-23/h2-5,8-11,16-18,23,28H,6-7,12-13H2,1H3,(H,25,26,27)/t16-,17+,18-,23?. The van der Waals surface area contributed by atoms with Crippen molar-refractivity contribution < 1.29 is 9.13 Å². The molecular formula is C23H25FN6O. The summed E-state index contributed by atoms with van der Waals surface area (Å²) in [7, 11) is 2.24. The summed E-state index contributed by atoms with van der Waals surface area (Å²) >= 11 is 0. The second kappa shape index (κ2) is 7.23. The highest BCUT2D eigenvalue weighted by atomic mass is 19.1. The van der Waals surface area contributed by atoms with Gasteiger partial charge in [0.1, 0.15) is 12.1 Å². The largest absolute Gasteiger partial charge is 0.458 e. The van der Waals surface area contributed by atoms with E-state index in [1.54, 1.807) is 24.6 Å². The van der Waals surface area contributed by atoms with Gasteiger partial charge in [-0.3, -0.25) is 4.90 Å². The summed E-state index contributed by atoms with van der Waals surface area (Å²) in [4.78, 5) is 13.9. The van der Waals surface area contributed by atoms with E-state index < -0.39 is 0 Å². The Hall–Kier alpha value is -3.13. The lowest BCUT2D eigenvalue weighted by molar-refractivity contribution is 0.0848. The van der Waals surface area contributed by atoms with Crippen molar-refractivity contribution in [3.63, 3.8) is 0 Å². The molecule has 2 bridgehead atoms. The number of nitrogens with one attached hydrogen (secondary N) is 2. The minimum atomic E-state index is -0.328. The minimum absolute atomic E-state index is 0.263. The van der Waals surface area contributed by atoms with Gasteiger partial charge in [-0.15, -0.1) is 0 Å². The summed E-state index contributed by atoms with van der Waals surface area (Å²) in [5.74, 6) is 0.381. The molecule has 1 aromatic carbocycles. The third kappa shape index (κ3) is 3.22. The lowest BCUT2D eigenvalue weighted by Gasteiger charge is -2.36. The van der Waals surface area contributed by atoms with Crippen molar-refractivity contribution >= 4 is 17.3 Å². The molecular weight excluding hydrogens is 395 g/mol. The number of nitrogens with zero attached hydrogens (tertiary/aromatic N) is 4. The number of benzene rings is 1. The zero-order valence-electron chi connectivity index (χ0n) is 17.3.